The first-order valence-electron chi connectivity index (χ1n) is 8.38. The molecule has 0 bridgehead atoms. The number of aromatic nitrogens is 2. The van der Waals surface area contributed by atoms with Crippen molar-refractivity contribution in [3.05, 3.63) is 18.0 Å². The first kappa shape index (κ1) is 15.0. The molecule has 2 unspecified atom stereocenters. The molecule has 1 saturated carbocycles. The molecule has 4 heteroatoms. The van der Waals surface area contributed by atoms with Gasteiger partial charge in [0.25, 0.3) is 0 Å². The molecule has 1 aliphatic carbocycles. The molecule has 0 amide bonds. The van der Waals surface area contributed by atoms with Crippen LogP contribution in [0.3, 0.4) is 0 Å². The minimum Gasteiger partial charge on any atom is -0.311 e. The molecule has 1 saturated heterocycles. The van der Waals surface area contributed by atoms with E-state index in [2.05, 4.69) is 42.3 Å². The summed E-state index contributed by atoms with van der Waals surface area (Å²) in [5.74, 6) is 0.937. The van der Waals surface area contributed by atoms with Gasteiger partial charge in [-0.05, 0) is 36.2 Å². The van der Waals surface area contributed by atoms with Crippen LogP contribution in [0, 0.1) is 11.3 Å². The van der Waals surface area contributed by atoms with Gasteiger partial charge in [0.15, 0.2) is 0 Å². The van der Waals surface area contributed by atoms with Crippen LogP contribution in [0.25, 0.3) is 0 Å². The lowest BCUT2D eigenvalue weighted by Crippen LogP contribution is -2.61. The van der Waals surface area contributed by atoms with E-state index in [1.54, 1.807) is 0 Å². The van der Waals surface area contributed by atoms with E-state index in [1.807, 2.05) is 17.9 Å². The van der Waals surface area contributed by atoms with Gasteiger partial charge in [-0.25, -0.2) is 0 Å². The summed E-state index contributed by atoms with van der Waals surface area (Å²) in [6.07, 6.45) is 8.11. The van der Waals surface area contributed by atoms with E-state index in [0.717, 1.165) is 31.5 Å². The molecule has 2 fully saturated rings. The van der Waals surface area contributed by atoms with Crippen molar-refractivity contribution in [2.24, 2.45) is 18.4 Å². The molecule has 2 atom stereocenters. The van der Waals surface area contributed by atoms with Gasteiger partial charge in [0.05, 0.1) is 6.20 Å². The Morgan fingerprint density at radius 2 is 2.10 bits per heavy atom. The second-order valence-corrected chi connectivity index (χ2v) is 8.00. The van der Waals surface area contributed by atoms with E-state index >= 15 is 0 Å². The highest BCUT2D eigenvalue weighted by Gasteiger charge is 2.40. The van der Waals surface area contributed by atoms with Crippen LogP contribution in [0.1, 0.15) is 39.2 Å². The first-order valence-corrected chi connectivity index (χ1v) is 8.38. The van der Waals surface area contributed by atoms with Gasteiger partial charge in [0.1, 0.15) is 0 Å². The third-order valence-corrected chi connectivity index (χ3v) is 5.08. The summed E-state index contributed by atoms with van der Waals surface area (Å²) in [6.45, 7) is 10.6. The number of hydrogen-bond donors (Lipinski definition) is 1. The third-order valence-electron chi connectivity index (χ3n) is 5.08. The molecule has 118 valence electrons. The number of rotatable bonds is 4. The van der Waals surface area contributed by atoms with Gasteiger partial charge in [0, 0.05) is 45.0 Å². The van der Waals surface area contributed by atoms with Crippen molar-refractivity contribution in [1.82, 2.24) is 20.0 Å². The number of nitrogens with one attached hydrogen (secondary N) is 1. The molecular formula is C17H30N4. The Kier molecular flexibility index (Phi) is 4.10. The van der Waals surface area contributed by atoms with Crippen LogP contribution in [0.4, 0.5) is 0 Å². The van der Waals surface area contributed by atoms with Crippen LogP contribution in [0.2, 0.25) is 0 Å². The van der Waals surface area contributed by atoms with E-state index in [4.69, 9.17) is 0 Å². The molecular weight excluding hydrogens is 260 g/mol. The number of nitrogens with zero attached hydrogens (tertiary/aromatic N) is 3. The van der Waals surface area contributed by atoms with Crippen LogP contribution in [-0.4, -0.2) is 46.4 Å². The summed E-state index contributed by atoms with van der Waals surface area (Å²) >= 11 is 0. The second-order valence-electron chi connectivity index (χ2n) is 8.00. The SMILES string of the molecule is Cn1cc(CCN2CC(C3CC3)NCC2C(C)(C)C)cn1. The van der Waals surface area contributed by atoms with Crippen molar-refractivity contribution >= 4 is 0 Å². The maximum atomic E-state index is 4.29. The zero-order valence-corrected chi connectivity index (χ0v) is 14.0. The zero-order chi connectivity index (χ0) is 15.0. The lowest BCUT2D eigenvalue weighted by molar-refractivity contribution is 0.0522. The Hall–Kier alpha value is -0.870. The molecule has 1 N–H and O–H groups in total. The summed E-state index contributed by atoms with van der Waals surface area (Å²) in [5, 5.41) is 8.10. The average molecular weight is 290 g/mol. The summed E-state index contributed by atoms with van der Waals surface area (Å²) < 4.78 is 1.90. The fourth-order valence-corrected chi connectivity index (χ4v) is 3.63. The average Bonchev–Trinajstić information content (AvgIpc) is 3.18. The highest BCUT2D eigenvalue weighted by atomic mass is 15.3. The van der Waals surface area contributed by atoms with Gasteiger partial charge in [-0.1, -0.05) is 20.8 Å². The lowest BCUT2D eigenvalue weighted by Gasteiger charge is -2.46. The Balaban J connectivity index is 1.64. The monoisotopic (exact) mass is 290 g/mol. The predicted molar refractivity (Wildman–Crippen MR) is 86.2 cm³/mol. The normalized spacial score (nSPS) is 28.0. The van der Waals surface area contributed by atoms with Gasteiger partial charge in [0.2, 0.25) is 0 Å². The molecule has 0 radical (unpaired) electrons. The van der Waals surface area contributed by atoms with Crippen LogP contribution in [0.5, 0.6) is 0 Å². The van der Waals surface area contributed by atoms with Crippen molar-refractivity contribution in [2.45, 2.75) is 52.1 Å². The molecule has 0 aromatic carbocycles. The number of hydrogen-bond acceptors (Lipinski definition) is 3. The Bertz CT molecular complexity index is 469. The minimum absolute atomic E-state index is 0.330. The fraction of sp³-hybridized carbons (Fsp3) is 0.824. The molecule has 21 heavy (non-hydrogen) atoms. The minimum atomic E-state index is 0.330. The van der Waals surface area contributed by atoms with Crippen molar-refractivity contribution in [2.75, 3.05) is 19.6 Å². The van der Waals surface area contributed by atoms with Crippen LogP contribution in [-0.2, 0) is 13.5 Å². The van der Waals surface area contributed by atoms with Gasteiger partial charge in [-0.3, -0.25) is 9.58 Å². The first-order chi connectivity index (χ1) is 9.93. The Morgan fingerprint density at radius 3 is 2.67 bits per heavy atom. The lowest BCUT2D eigenvalue weighted by atomic mass is 9.83. The number of aryl methyl sites for hydroxylation is 1. The maximum absolute atomic E-state index is 4.29. The number of piperazine rings is 1. The van der Waals surface area contributed by atoms with E-state index in [0.29, 0.717) is 11.5 Å². The molecule has 0 spiro atoms. The highest BCUT2D eigenvalue weighted by molar-refractivity contribution is 5.05. The molecule has 1 aromatic rings. The molecule has 1 aromatic heterocycles. The Labute approximate surface area is 128 Å². The van der Waals surface area contributed by atoms with E-state index in [9.17, 15) is 0 Å². The largest absolute Gasteiger partial charge is 0.311 e. The van der Waals surface area contributed by atoms with Crippen LogP contribution >= 0.6 is 0 Å². The van der Waals surface area contributed by atoms with Crippen molar-refractivity contribution in [3.8, 4) is 0 Å². The maximum Gasteiger partial charge on any atom is 0.0522 e. The van der Waals surface area contributed by atoms with Crippen molar-refractivity contribution < 1.29 is 0 Å². The molecule has 4 nitrogen and oxygen atoms in total. The van der Waals surface area contributed by atoms with Crippen molar-refractivity contribution in [1.29, 1.82) is 0 Å². The van der Waals surface area contributed by atoms with Gasteiger partial charge in [-0.2, -0.15) is 5.10 Å². The van der Waals surface area contributed by atoms with E-state index < -0.39 is 0 Å². The fourth-order valence-electron chi connectivity index (χ4n) is 3.63. The van der Waals surface area contributed by atoms with Gasteiger partial charge >= 0.3 is 0 Å². The van der Waals surface area contributed by atoms with E-state index in [-0.39, 0.29) is 0 Å². The summed E-state index contributed by atoms with van der Waals surface area (Å²) in [6, 6.07) is 1.35. The standard InChI is InChI=1S/C17H30N4/c1-17(2,3)16-10-18-15(14-5-6-14)12-21(16)8-7-13-9-19-20(4)11-13/h9,11,14-16,18H,5-8,10,12H2,1-4H3. The van der Waals surface area contributed by atoms with Crippen molar-refractivity contribution in [3.63, 3.8) is 0 Å². The second kappa shape index (κ2) is 5.73. The van der Waals surface area contributed by atoms with E-state index in [1.165, 1.54) is 24.9 Å². The third kappa shape index (κ3) is 3.67. The topological polar surface area (TPSA) is 33.1 Å². The molecule has 2 aliphatic rings. The molecule has 2 heterocycles. The summed E-state index contributed by atoms with van der Waals surface area (Å²) in [4.78, 5) is 2.73. The molecule has 1 aliphatic heterocycles. The highest BCUT2D eigenvalue weighted by Crippen LogP contribution is 2.36. The van der Waals surface area contributed by atoms with Crippen LogP contribution in [0.15, 0.2) is 12.4 Å². The smallest absolute Gasteiger partial charge is 0.0522 e. The van der Waals surface area contributed by atoms with Gasteiger partial charge < -0.3 is 5.32 Å². The van der Waals surface area contributed by atoms with Gasteiger partial charge in [-0.15, -0.1) is 0 Å². The quantitative estimate of drug-likeness (QED) is 0.921. The predicted octanol–water partition coefficient (Wildman–Crippen LogP) is 2.06. The zero-order valence-electron chi connectivity index (χ0n) is 14.0. The molecule has 3 rings (SSSR count). The van der Waals surface area contributed by atoms with Crippen LogP contribution < -0.4 is 5.32 Å². The summed E-state index contributed by atoms with van der Waals surface area (Å²) in [7, 11) is 2.00. The summed E-state index contributed by atoms with van der Waals surface area (Å²) in [5.41, 5.74) is 1.68. The Morgan fingerprint density at radius 1 is 1.33 bits per heavy atom.